The van der Waals surface area contributed by atoms with Crippen LogP contribution < -0.4 is 0 Å². The Balaban J connectivity index is 0.000000322. The highest BCUT2D eigenvalue weighted by molar-refractivity contribution is 4.79. The van der Waals surface area contributed by atoms with Gasteiger partial charge in [-0.2, -0.15) is 0 Å². The standard InChI is InChI=1S/C7H12O2.2C2H6/c1-2-4-7(3-1)8-5-6-9-7;2*1-2/h1-6H2;2*1-2H3. The molecule has 0 N–H and O–H groups in total. The molecule has 1 aliphatic heterocycles. The molecule has 1 saturated carbocycles. The molecule has 0 atom stereocenters. The van der Waals surface area contributed by atoms with Crippen molar-refractivity contribution in [3.63, 3.8) is 0 Å². The summed E-state index contributed by atoms with van der Waals surface area (Å²) in [5, 5.41) is 0. The van der Waals surface area contributed by atoms with E-state index in [1.807, 2.05) is 27.7 Å². The molecule has 1 aliphatic carbocycles. The van der Waals surface area contributed by atoms with Crippen LogP contribution in [0.5, 0.6) is 0 Å². The van der Waals surface area contributed by atoms with E-state index >= 15 is 0 Å². The molecule has 2 aliphatic rings. The molecule has 0 unspecified atom stereocenters. The summed E-state index contributed by atoms with van der Waals surface area (Å²) in [5.74, 6) is -0.111. The number of hydrogen-bond acceptors (Lipinski definition) is 2. The fourth-order valence-electron chi connectivity index (χ4n) is 1.70. The average molecular weight is 188 g/mol. The van der Waals surface area contributed by atoms with Gasteiger partial charge in [-0.25, -0.2) is 0 Å². The quantitative estimate of drug-likeness (QED) is 0.580. The number of rotatable bonds is 0. The average Bonchev–Trinajstić information content (AvgIpc) is 2.87. The summed E-state index contributed by atoms with van der Waals surface area (Å²) in [7, 11) is 0. The van der Waals surface area contributed by atoms with Crippen LogP contribution in [0.3, 0.4) is 0 Å². The first-order valence-electron chi connectivity index (χ1n) is 5.69. The summed E-state index contributed by atoms with van der Waals surface area (Å²) in [6, 6.07) is 0. The summed E-state index contributed by atoms with van der Waals surface area (Å²) in [4.78, 5) is 0. The molecule has 0 aromatic rings. The fourth-order valence-corrected chi connectivity index (χ4v) is 1.70. The van der Waals surface area contributed by atoms with Crippen molar-refractivity contribution in [3.8, 4) is 0 Å². The monoisotopic (exact) mass is 188 g/mol. The van der Waals surface area contributed by atoms with Gasteiger partial charge in [-0.3, -0.25) is 0 Å². The van der Waals surface area contributed by atoms with Gasteiger partial charge >= 0.3 is 0 Å². The van der Waals surface area contributed by atoms with Crippen LogP contribution in [0.2, 0.25) is 0 Å². The Morgan fingerprint density at radius 2 is 1.15 bits per heavy atom. The van der Waals surface area contributed by atoms with Gasteiger partial charge in [0.15, 0.2) is 5.79 Å². The molecular weight excluding hydrogens is 164 g/mol. The fraction of sp³-hybridized carbons (Fsp3) is 1.00. The maximum atomic E-state index is 5.48. The van der Waals surface area contributed by atoms with Gasteiger partial charge in [0, 0.05) is 12.8 Å². The summed E-state index contributed by atoms with van der Waals surface area (Å²) < 4.78 is 11.0. The smallest absolute Gasteiger partial charge is 0.168 e. The molecule has 2 heteroatoms. The lowest BCUT2D eigenvalue weighted by molar-refractivity contribution is -0.150. The van der Waals surface area contributed by atoms with Crippen molar-refractivity contribution in [1.82, 2.24) is 0 Å². The molecule has 80 valence electrons. The van der Waals surface area contributed by atoms with Crippen LogP contribution in [0.25, 0.3) is 0 Å². The van der Waals surface area contributed by atoms with Crippen molar-refractivity contribution in [3.05, 3.63) is 0 Å². The lowest BCUT2D eigenvalue weighted by atomic mass is 10.2. The Morgan fingerprint density at radius 3 is 1.54 bits per heavy atom. The predicted octanol–water partition coefficient (Wildman–Crippen LogP) is 3.36. The van der Waals surface area contributed by atoms with E-state index in [0.29, 0.717) is 0 Å². The van der Waals surface area contributed by atoms with E-state index in [1.165, 1.54) is 12.8 Å². The third-order valence-corrected chi connectivity index (χ3v) is 2.18. The third-order valence-electron chi connectivity index (χ3n) is 2.18. The van der Waals surface area contributed by atoms with E-state index < -0.39 is 0 Å². The zero-order chi connectivity index (χ0) is 10.2. The molecule has 0 radical (unpaired) electrons. The van der Waals surface area contributed by atoms with Crippen LogP contribution in [-0.4, -0.2) is 19.0 Å². The number of hydrogen-bond donors (Lipinski definition) is 0. The van der Waals surface area contributed by atoms with E-state index in [-0.39, 0.29) is 5.79 Å². The van der Waals surface area contributed by atoms with Crippen molar-refractivity contribution < 1.29 is 9.47 Å². The van der Waals surface area contributed by atoms with Gasteiger partial charge in [-0.05, 0) is 12.8 Å². The van der Waals surface area contributed by atoms with E-state index in [9.17, 15) is 0 Å². The summed E-state index contributed by atoms with van der Waals surface area (Å²) in [6.07, 6.45) is 4.79. The van der Waals surface area contributed by atoms with Crippen LogP contribution in [-0.2, 0) is 9.47 Å². The zero-order valence-corrected chi connectivity index (χ0v) is 9.56. The Kier molecular flexibility index (Phi) is 7.29. The van der Waals surface area contributed by atoms with Crippen LogP contribution in [0.4, 0.5) is 0 Å². The molecule has 13 heavy (non-hydrogen) atoms. The Hall–Kier alpha value is -0.0800. The molecule has 1 spiro atoms. The van der Waals surface area contributed by atoms with Gasteiger partial charge in [0.05, 0.1) is 13.2 Å². The van der Waals surface area contributed by atoms with Crippen LogP contribution in [0, 0.1) is 0 Å². The normalized spacial score (nSPS) is 23.1. The van der Waals surface area contributed by atoms with E-state index in [1.54, 1.807) is 0 Å². The second-order valence-corrected chi connectivity index (χ2v) is 2.81. The third kappa shape index (κ3) is 3.65. The van der Waals surface area contributed by atoms with E-state index in [4.69, 9.17) is 9.47 Å². The highest BCUT2D eigenvalue weighted by Gasteiger charge is 2.38. The molecule has 0 amide bonds. The van der Waals surface area contributed by atoms with Crippen LogP contribution >= 0.6 is 0 Å². The molecule has 1 heterocycles. The first-order valence-corrected chi connectivity index (χ1v) is 5.69. The van der Waals surface area contributed by atoms with Crippen molar-refractivity contribution in [2.75, 3.05) is 13.2 Å². The topological polar surface area (TPSA) is 18.5 Å². The van der Waals surface area contributed by atoms with Crippen molar-refractivity contribution in [2.45, 2.75) is 59.2 Å². The number of ether oxygens (including phenoxy) is 2. The van der Waals surface area contributed by atoms with Gasteiger partial charge in [-0.1, -0.05) is 27.7 Å². The van der Waals surface area contributed by atoms with Gasteiger partial charge in [0.2, 0.25) is 0 Å². The van der Waals surface area contributed by atoms with Crippen molar-refractivity contribution in [2.24, 2.45) is 0 Å². The lowest BCUT2D eigenvalue weighted by Crippen LogP contribution is -2.24. The SMILES string of the molecule is C1CCC2(C1)OCCO2.CC.CC. The molecule has 0 aromatic heterocycles. The minimum Gasteiger partial charge on any atom is -0.348 e. The van der Waals surface area contributed by atoms with Crippen LogP contribution in [0.1, 0.15) is 53.4 Å². The van der Waals surface area contributed by atoms with Crippen molar-refractivity contribution in [1.29, 1.82) is 0 Å². The summed E-state index contributed by atoms with van der Waals surface area (Å²) in [6.45, 7) is 9.61. The first kappa shape index (κ1) is 12.9. The molecule has 2 nitrogen and oxygen atoms in total. The minimum absolute atomic E-state index is 0.111. The van der Waals surface area contributed by atoms with Crippen LogP contribution in [0.15, 0.2) is 0 Å². The predicted molar refractivity (Wildman–Crippen MR) is 55.8 cm³/mol. The molecular formula is C11H24O2. The molecule has 2 fully saturated rings. The maximum Gasteiger partial charge on any atom is 0.168 e. The highest BCUT2D eigenvalue weighted by atomic mass is 16.7. The Bertz CT molecular complexity index is 83.1. The van der Waals surface area contributed by atoms with E-state index in [0.717, 1.165) is 26.1 Å². The second-order valence-electron chi connectivity index (χ2n) is 2.81. The van der Waals surface area contributed by atoms with Gasteiger partial charge in [-0.15, -0.1) is 0 Å². The first-order chi connectivity index (χ1) is 6.41. The second kappa shape index (κ2) is 7.34. The summed E-state index contributed by atoms with van der Waals surface area (Å²) in [5.41, 5.74) is 0. The highest BCUT2D eigenvalue weighted by Crippen LogP contribution is 2.36. The largest absolute Gasteiger partial charge is 0.348 e. The molecule has 2 rings (SSSR count). The van der Waals surface area contributed by atoms with Gasteiger partial charge in [0.1, 0.15) is 0 Å². The minimum atomic E-state index is -0.111. The molecule has 1 saturated heterocycles. The molecule has 0 bridgehead atoms. The Morgan fingerprint density at radius 1 is 0.769 bits per heavy atom. The van der Waals surface area contributed by atoms with E-state index in [2.05, 4.69) is 0 Å². The van der Waals surface area contributed by atoms with Crippen molar-refractivity contribution >= 4 is 0 Å². The lowest BCUT2D eigenvalue weighted by Gasteiger charge is -2.19. The zero-order valence-electron chi connectivity index (χ0n) is 9.56. The van der Waals surface area contributed by atoms with Gasteiger partial charge in [0.25, 0.3) is 0 Å². The summed E-state index contributed by atoms with van der Waals surface area (Å²) >= 11 is 0. The van der Waals surface area contributed by atoms with Gasteiger partial charge < -0.3 is 9.47 Å². The maximum absolute atomic E-state index is 5.48. The molecule has 0 aromatic carbocycles. The Labute approximate surface area is 82.6 Å².